The summed E-state index contributed by atoms with van der Waals surface area (Å²) in [7, 11) is 0. The van der Waals surface area contributed by atoms with E-state index in [1.165, 1.54) is 25.7 Å². The Kier molecular flexibility index (Phi) is 1.87. The zero-order valence-electron chi connectivity index (χ0n) is 9.27. The van der Waals surface area contributed by atoms with Crippen LogP contribution in [-0.4, -0.2) is 0 Å². The van der Waals surface area contributed by atoms with Crippen LogP contribution in [0.3, 0.4) is 0 Å². The van der Waals surface area contributed by atoms with Gasteiger partial charge in [0.15, 0.2) is 0 Å². The first-order chi connectivity index (χ1) is 6.13. The summed E-state index contributed by atoms with van der Waals surface area (Å²) >= 11 is 0. The van der Waals surface area contributed by atoms with Crippen LogP contribution in [0.25, 0.3) is 0 Å². The molecule has 0 aromatic heterocycles. The van der Waals surface area contributed by atoms with Crippen molar-refractivity contribution in [1.82, 2.24) is 0 Å². The Hall–Kier alpha value is -0.260. The topological polar surface area (TPSA) is 0 Å². The van der Waals surface area contributed by atoms with Gasteiger partial charge in [0, 0.05) is 0 Å². The molecule has 0 saturated heterocycles. The number of hydrogen-bond donors (Lipinski definition) is 0. The largest absolute Gasteiger partial charge is 0.102 e. The van der Waals surface area contributed by atoms with E-state index in [-0.39, 0.29) is 0 Å². The van der Waals surface area contributed by atoms with Crippen molar-refractivity contribution in [1.29, 1.82) is 0 Å². The molecule has 0 aliphatic heterocycles. The Balaban J connectivity index is 2.05. The lowest BCUT2D eigenvalue weighted by molar-refractivity contribution is 0.180. The highest BCUT2D eigenvalue weighted by atomic mass is 14.8. The van der Waals surface area contributed by atoms with Crippen molar-refractivity contribution in [3.8, 4) is 0 Å². The highest BCUT2D eigenvalue weighted by Gasteiger charge is 2.77. The van der Waals surface area contributed by atoms with Gasteiger partial charge >= 0.3 is 0 Å². The maximum Gasteiger partial charge on any atom is -0.00301 e. The van der Waals surface area contributed by atoms with E-state index in [0.717, 1.165) is 11.8 Å². The molecule has 2 saturated carbocycles. The van der Waals surface area contributed by atoms with E-state index in [9.17, 15) is 0 Å². The Morgan fingerprint density at radius 2 is 2.23 bits per heavy atom. The summed E-state index contributed by atoms with van der Waals surface area (Å²) in [6.45, 7) is 11.2. The Bertz CT molecular complexity index is 230. The van der Waals surface area contributed by atoms with E-state index in [4.69, 9.17) is 0 Å². The zero-order valence-corrected chi connectivity index (χ0v) is 9.27. The molecule has 0 aromatic carbocycles. The van der Waals surface area contributed by atoms with Crippen LogP contribution in [0.15, 0.2) is 12.7 Å². The maximum absolute atomic E-state index is 4.02. The molecule has 0 bridgehead atoms. The Morgan fingerprint density at radius 3 is 2.54 bits per heavy atom. The van der Waals surface area contributed by atoms with Crippen molar-refractivity contribution in [2.45, 2.75) is 46.5 Å². The molecule has 74 valence electrons. The molecular weight excluding hydrogens is 156 g/mol. The van der Waals surface area contributed by atoms with Gasteiger partial charge in [-0.1, -0.05) is 33.3 Å². The Labute approximate surface area is 82.4 Å². The van der Waals surface area contributed by atoms with Crippen LogP contribution in [0.4, 0.5) is 0 Å². The van der Waals surface area contributed by atoms with Gasteiger partial charge in [-0.15, -0.1) is 6.58 Å². The molecule has 2 rings (SSSR count). The monoisotopic (exact) mass is 178 g/mol. The normalized spacial score (nSPS) is 49.0. The van der Waals surface area contributed by atoms with E-state index in [1.54, 1.807) is 0 Å². The van der Waals surface area contributed by atoms with Gasteiger partial charge in [0.25, 0.3) is 0 Å². The lowest BCUT2D eigenvalue weighted by atomic mass is 9.69. The summed E-state index contributed by atoms with van der Waals surface area (Å²) in [5.74, 6) is 1.83. The molecule has 2 fully saturated rings. The molecule has 13 heavy (non-hydrogen) atoms. The summed E-state index contributed by atoms with van der Waals surface area (Å²) in [6.07, 6.45) is 7.90. The van der Waals surface area contributed by atoms with Crippen molar-refractivity contribution in [2.24, 2.45) is 22.7 Å². The molecule has 0 amide bonds. The van der Waals surface area contributed by atoms with Gasteiger partial charge in [-0.25, -0.2) is 0 Å². The molecule has 0 heterocycles. The number of fused-ring (bicyclic) bond motifs is 1. The molecule has 4 atom stereocenters. The van der Waals surface area contributed by atoms with Crippen molar-refractivity contribution < 1.29 is 0 Å². The summed E-state index contributed by atoms with van der Waals surface area (Å²) in [5, 5.41) is 0. The third kappa shape index (κ3) is 0.872. The second-order valence-electron chi connectivity index (χ2n) is 5.34. The van der Waals surface area contributed by atoms with E-state index < -0.39 is 0 Å². The lowest BCUT2D eigenvalue weighted by Crippen LogP contribution is -2.25. The summed E-state index contributed by atoms with van der Waals surface area (Å²) in [4.78, 5) is 0. The molecule has 0 radical (unpaired) electrons. The highest BCUT2D eigenvalue weighted by Crippen LogP contribution is 2.84. The average Bonchev–Trinajstić information content (AvgIpc) is 2.45. The third-order valence-electron chi connectivity index (χ3n) is 5.20. The van der Waals surface area contributed by atoms with Crippen LogP contribution in [0.1, 0.15) is 46.5 Å². The summed E-state index contributed by atoms with van der Waals surface area (Å²) < 4.78 is 0. The maximum atomic E-state index is 4.02. The fourth-order valence-electron chi connectivity index (χ4n) is 3.81. The standard InChI is InChI=1S/C13H22/c1-5-10(3)9-13-8-7-12(13,6-2)11(13)4/h6,10-11H,2,5,7-9H2,1,3-4H3. The number of allylic oxidation sites excluding steroid dienone is 1. The molecule has 2 aliphatic rings. The zero-order chi connectivity index (χ0) is 9.69. The van der Waals surface area contributed by atoms with Crippen LogP contribution < -0.4 is 0 Å². The van der Waals surface area contributed by atoms with Gasteiger partial charge in [-0.3, -0.25) is 0 Å². The third-order valence-corrected chi connectivity index (χ3v) is 5.20. The number of hydrogen-bond acceptors (Lipinski definition) is 0. The molecule has 0 N–H and O–H groups in total. The van der Waals surface area contributed by atoms with Gasteiger partial charge in [0.05, 0.1) is 0 Å². The van der Waals surface area contributed by atoms with Crippen molar-refractivity contribution in [2.75, 3.05) is 0 Å². The van der Waals surface area contributed by atoms with Crippen molar-refractivity contribution >= 4 is 0 Å². The SMILES string of the molecule is C=CC12CCC1(CC(C)CC)C2C. The van der Waals surface area contributed by atoms with Gasteiger partial charge in [-0.2, -0.15) is 0 Å². The second kappa shape index (κ2) is 2.62. The van der Waals surface area contributed by atoms with E-state index >= 15 is 0 Å². The Morgan fingerprint density at radius 1 is 1.54 bits per heavy atom. The predicted octanol–water partition coefficient (Wildman–Crippen LogP) is 4.02. The number of rotatable bonds is 4. The first kappa shape index (κ1) is 9.30. The highest BCUT2D eigenvalue weighted by molar-refractivity contribution is 5.32. The molecule has 2 aliphatic carbocycles. The summed E-state index contributed by atoms with van der Waals surface area (Å²) in [6, 6.07) is 0. The van der Waals surface area contributed by atoms with Gasteiger partial charge in [0.2, 0.25) is 0 Å². The first-order valence-corrected chi connectivity index (χ1v) is 5.76. The van der Waals surface area contributed by atoms with Crippen LogP contribution in [0.2, 0.25) is 0 Å². The van der Waals surface area contributed by atoms with E-state index in [2.05, 4.69) is 33.4 Å². The fourth-order valence-corrected chi connectivity index (χ4v) is 3.81. The predicted molar refractivity (Wildman–Crippen MR) is 57.5 cm³/mol. The van der Waals surface area contributed by atoms with E-state index in [0.29, 0.717) is 10.8 Å². The van der Waals surface area contributed by atoms with Crippen molar-refractivity contribution in [3.63, 3.8) is 0 Å². The first-order valence-electron chi connectivity index (χ1n) is 5.76. The second-order valence-corrected chi connectivity index (χ2v) is 5.34. The fraction of sp³-hybridized carbons (Fsp3) is 0.846. The van der Waals surface area contributed by atoms with E-state index in [1.807, 2.05) is 0 Å². The summed E-state index contributed by atoms with van der Waals surface area (Å²) in [5.41, 5.74) is 1.28. The van der Waals surface area contributed by atoms with Gasteiger partial charge in [0.1, 0.15) is 0 Å². The molecular formula is C13H22. The minimum absolute atomic E-state index is 0.580. The van der Waals surface area contributed by atoms with Crippen LogP contribution in [-0.2, 0) is 0 Å². The van der Waals surface area contributed by atoms with Gasteiger partial charge < -0.3 is 0 Å². The molecule has 0 heteroatoms. The van der Waals surface area contributed by atoms with Crippen molar-refractivity contribution in [3.05, 3.63) is 12.7 Å². The van der Waals surface area contributed by atoms with Crippen LogP contribution in [0.5, 0.6) is 0 Å². The average molecular weight is 178 g/mol. The molecule has 0 spiro atoms. The van der Waals surface area contributed by atoms with Crippen LogP contribution in [0, 0.1) is 22.7 Å². The minimum atomic E-state index is 0.580. The smallest absolute Gasteiger partial charge is 0.00301 e. The lowest BCUT2D eigenvalue weighted by Gasteiger charge is -2.35. The van der Waals surface area contributed by atoms with Crippen LogP contribution >= 0.6 is 0 Å². The quantitative estimate of drug-likeness (QED) is 0.570. The molecule has 0 nitrogen and oxygen atoms in total. The minimum Gasteiger partial charge on any atom is -0.102 e. The molecule has 0 aromatic rings. The molecule has 4 unspecified atom stereocenters. The van der Waals surface area contributed by atoms with Gasteiger partial charge in [-0.05, 0) is 41.9 Å².